The molecule has 0 saturated carbocycles. The minimum atomic E-state index is -0.683. The van der Waals surface area contributed by atoms with Crippen molar-refractivity contribution in [3.63, 3.8) is 0 Å². The van der Waals surface area contributed by atoms with Gasteiger partial charge in [0, 0.05) is 31.0 Å². The maximum absolute atomic E-state index is 13.1. The number of ketones is 1. The molecule has 1 N–H and O–H groups in total. The van der Waals surface area contributed by atoms with E-state index >= 15 is 0 Å². The van der Waals surface area contributed by atoms with Crippen molar-refractivity contribution in [1.82, 2.24) is 5.32 Å². The molecule has 1 aliphatic rings. The summed E-state index contributed by atoms with van der Waals surface area (Å²) in [6, 6.07) is 8.91. The van der Waals surface area contributed by atoms with E-state index in [1.807, 2.05) is 18.2 Å². The van der Waals surface area contributed by atoms with Crippen molar-refractivity contribution in [2.24, 2.45) is 0 Å². The molecule has 2 aromatic carbocycles. The number of fused-ring (bicyclic) bond motifs is 1. The number of aryl methyl sites for hydroxylation is 2. The van der Waals surface area contributed by atoms with Gasteiger partial charge >= 0.3 is 0 Å². The molecule has 0 atom stereocenters. The SMILES string of the molecule is O=C(CCC(=O)c1ccc2c(c1)CCCC2)NCc1cc(F)cc(F)c1. The number of rotatable bonds is 6. The Kier molecular flexibility index (Phi) is 5.76. The third-order valence-electron chi connectivity index (χ3n) is 4.66. The van der Waals surface area contributed by atoms with Gasteiger partial charge in [-0.25, -0.2) is 8.78 Å². The first-order valence-electron chi connectivity index (χ1n) is 8.88. The first-order valence-corrected chi connectivity index (χ1v) is 8.88. The number of halogens is 2. The second kappa shape index (κ2) is 8.21. The number of carbonyl (C=O) groups is 2. The van der Waals surface area contributed by atoms with E-state index in [0.717, 1.165) is 25.3 Å². The number of hydrogen-bond acceptors (Lipinski definition) is 2. The molecule has 0 radical (unpaired) electrons. The summed E-state index contributed by atoms with van der Waals surface area (Å²) in [7, 11) is 0. The standard InChI is InChI=1S/C21H21F2NO2/c22-18-9-14(10-19(23)12-18)13-24-21(26)8-7-20(25)17-6-5-15-3-1-2-4-16(15)11-17/h5-6,9-12H,1-4,7-8,13H2,(H,24,26). The predicted octanol–water partition coefficient (Wildman–Crippen LogP) is 4.12. The maximum atomic E-state index is 13.1. The van der Waals surface area contributed by atoms with E-state index in [1.165, 1.54) is 29.7 Å². The number of carbonyl (C=O) groups excluding carboxylic acids is 2. The number of Topliss-reactive ketones (excluding diaryl/α,β-unsaturated/α-hetero) is 1. The second-order valence-corrected chi connectivity index (χ2v) is 6.67. The van der Waals surface area contributed by atoms with Crippen LogP contribution in [0.15, 0.2) is 36.4 Å². The van der Waals surface area contributed by atoms with Gasteiger partial charge in [0.25, 0.3) is 0 Å². The van der Waals surface area contributed by atoms with Crippen molar-refractivity contribution in [3.05, 3.63) is 70.3 Å². The van der Waals surface area contributed by atoms with Crippen molar-refractivity contribution >= 4 is 11.7 Å². The van der Waals surface area contributed by atoms with Gasteiger partial charge in [0.15, 0.2) is 5.78 Å². The summed E-state index contributed by atoms with van der Waals surface area (Å²) in [5.41, 5.74) is 3.54. The molecule has 0 aromatic heterocycles. The summed E-state index contributed by atoms with van der Waals surface area (Å²) < 4.78 is 26.2. The molecule has 0 unspecified atom stereocenters. The summed E-state index contributed by atoms with van der Waals surface area (Å²) in [5, 5.41) is 2.59. The van der Waals surface area contributed by atoms with Crippen LogP contribution in [-0.4, -0.2) is 11.7 Å². The fourth-order valence-electron chi connectivity index (χ4n) is 3.28. The van der Waals surface area contributed by atoms with Crippen LogP contribution in [-0.2, 0) is 24.2 Å². The third kappa shape index (κ3) is 4.75. The van der Waals surface area contributed by atoms with Gasteiger partial charge in [-0.15, -0.1) is 0 Å². The smallest absolute Gasteiger partial charge is 0.220 e. The molecule has 0 bridgehead atoms. The molecule has 2 aromatic rings. The van der Waals surface area contributed by atoms with Gasteiger partial charge in [-0.3, -0.25) is 9.59 Å². The molecule has 0 saturated heterocycles. The zero-order valence-electron chi connectivity index (χ0n) is 14.5. The van der Waals surface area contributed by atoms with Crippen LogP contribution in [0, 0.1) is 11.6 Å². The minimum absolute atomic E-state index is 0.0283. The van der Waals surface area contributed by atoms with Crippen molar-refractivity contribution < 1.29 is 18.4 Å². The first kappa shape index (κ1) is 18.2. The Hall–Kier alpha value is -2.56. The highest BCUT2D eigenvalue weighted by Crippen LogP contribution is 2.23. The highest BCUT2D eigenvalue weighted by atomic mass is 19.1. The molecule has 5 heteroatoms. The first-order chi connectivity index (χ1) is 12.5. The Balaban J connectivity index is 1.50. The van der Waals surface area contributed by atoms with Crippen LogP contribution in [0.4, 0.5) is 8.78 Å². The lowest BCUT2D eigenvalue weighted by atomic mass is 9.89. The van der Waals surface area contributed by atoms with E-state index in [4.69, 9.17) is 0 Å². The van der Waals surface area contributed by atoms with Gasteiger partial charge in [0.05, 0.1) is 0 Å². The zero-order chi connectivity index (χ0) is 18.5. The summed E-state index contributed by atoms with van der Waals surface area (Å²) in [4.78, 5) is 24.2. The molecular weight excluding hydrogens is 336 g/mol. The van der Waals surface area contributed by atoms with Gasteiger partial charge in [0.2, 0.25) is 5.91 Å². The Bertz CT molecular complexity index is 813. The molecule has 1 aliphatic carbocycles. The molecule has 0 heterocycles. The van der Waals surface area contributed by atoms with Crippen LogP contribution in [0.3, 0.4) is 0 Å². The average molecular weight is 357 g/mol. The summed E-state index contributed by atoms with van der Waals surface area (Å²) >= 11 is 0. The van der Waals surface area contributed by atoms with Crippen LogP contribution in [0.25, 0.3) is 0 Å². The van der Waals surface area contributed by atoms with Crippen LogP contribution in [0.1, 0.15) is 52.7 Å². The Morgan fingerprint density at radius 1 is 0.885 bits per heavy atom. The number of amides is 1. The van der Waals surface area contributed by atoms with Crippen molar-refractivity contribution in [2.75, 3.05) is 0 Å². The molecule has 0 aliphatic heterocycles. The molecule has 0 fully saturated rings. The lowest BCUT2D eigenvalue weighted by molar-refractivity contribution is -0.121. The van der Waals surface area contributed by atoms with E-state index < -0.39 is 11.6 Å². The predicted molar refractivity (Wildman–Crippen MR) is 94.9 cm³/mol. The van der Waals surface area contributed by atoms with Crippen molar-refractivity contribution in [2.45, 2.75) is 45.1 Å². The number of hydrogen-bond donors (Lipinski definition) is 1. The van der Waals surface area contributed by atoms with Gasteiger partial charge in [-0.1, -0.05) is 12.1 Å². The summed E-state index contributed by atoms with van der Waals surface area (Å²) in [6.45, 7) is 0.0283. The van der Waals surface area contributed by atoms with Gasteiger partial charge in [0.1, 0.15) is 11.6 Å². The molecule has 1 amide bonds. The Morgan fingerprint density at radius 3 is 2.31 bits per heavy atom. The topological polar surface area (TPSA) is 46.2 Å². The zero-order valence-corrected chi connectivity index (χ0v) is 14.5. The Morgan fingerprint density at radius 2 is 1.58 bits per heavy atom. The molecular formula is C21H21F2NO2. The van der Waals surface area contributed by atoms with E-state index in [1.54, 1.807) is 0 Å². The quantitative estimate of drug-likeness (QED) is 0.791. The number of nitrogens with one attached hydrogen (secondary N) is 1. The third-order valence-corrected chi connectivity index (χ3v) is 4.66. The molecule has 3 rings (SSSR count). The lowest BCUT2D eigenvalue weighted by Crippen LogP contribution is -2.23. The van der Waals surface area contributed by atoms with E-state index in [9.17, 15) is 18.4 Å². The largest absolute Gasteiger partial charge is 0.352 e. The van der Waals surface area contributed by atoms with Crippen molar-refractivity contribution in [1.29, 1.82) is 0 Å². The fraction of sp³-hybridized carbons (Fsp3) is 0.333. The Labute approximate surface area is 151 Å². The van der Waals surface area contributed by atoms with Crippen LogP contribution in [0.5, 0.6) is 0 Å². The van der Waals surface area contributed by atoms with E-state index in [0.29, 0.717) is 11.1 Å². The average Bonchev–Trinajstić information content (AvgIpc) is 2.63. The van der Waals surface area contributed by atoms with Crippen LogP contribution in [0.2, 0.25) is 0 Å². The van der Waals surface area contributed by atoms with Gasteiger partial charge < -0.3 is 5.32 Å². The molecule has 3 nitrogen and oxygen atoms in total. The number of benzene rings is 2. The molecule has 0 spiro atoms. The highest BCUT2D eigenvalue weighted by molar-refractivity contribution is 5.98. The molecule has 136 valence electrons. The highest BCUT2D eigenvalue weighted by Gasteiger charge is 2.14. The van der Waals surface area contributed by atoms with Gasteiger partial charge in [-0.2, -0.15) is 0 Å². The summed E-state index contributed by atoms with van der Waals surface area (Å²) in [6.07, 6.45) is 4.56. The summed E-state index contributed by atoms with van der Waals surface area (Å²) in [5.74, 6) is -1.75. The minimum Gasteiger partial charge on any atom is -0.352 e. The monoisotopic (exact) mass is 357 g/mol. The van der Waals surface area contributed by atoms with Crippen LogP contribution < -0.4 is 5.32 Å². The second-order valence-electron chi connectivity index (χ2n) is 6.67. The van der Waals surface area contributed by atoms with E-state index in [-0.39, 0.29) is 31.1 Å². The van der Waals surface area contributed by atoms with Gasteiger partial charge in [-0.05, 0) is 60.6 Å². The fourth-order valence-corrected chi connectivity index (χ4v) is 3.28. The maximum Gasteiger partial charge on any atom is 0.220 e. The van der Waals surface area contributed by atoms with Crippen LogP contribution >= 0.6 is 0 Å². The van der Waals surface area contributed by atoms with Crippen molar-refractivity contribution in [3.8, 4) is 0 Å². The normalized spacial score (nSPS) is 13.2. The molecule has 26 heavy (non-hydrogen) atoms. The lowest BCUT2D eigenvalue weighted by Gasteiger charge is -2.16. The van der Waals surface area contributed by atoms with E-state index in [2.05, 4.69) is 5.32 Å².